The lowest BCUT2D eigenvalue weighted by molar-refractivity contribution is 0.0600. The largest absolute Gasteiger partial charge is 0.465 e. The standard InChI is InChI=1S/C18H20O5S/c1-12-8-9-13(2)17(14(12)3)23-24(20,21)11-15-6-5-7-16(10-15)18(19)22-4/h5-10H,11H2,1-4H3. The van der Waals surface area contributed by atoms with E-state index < -0.39 is 16.1 Å². The summed E-state index contributed by atoms with van der Waals surface area (Å²) in [6.45, 7) is 5.52. The van der Waals surface area contributed by atoms with E-state index in [2.05, 4.69) is 4.74 Å². The summed E-state index contributed by atoms with van der Waals surface area (Å²) in [5, 5.41) is 0. The molecule has 0 radical (unpaired) electrons. The third kappa shape index (κ3) is 4.14. The Morgan fingerprint density at radius 2 is 1.71 bits per heavy atom. The van der Waals surface area contributed by atoms with Crippen LogP contribution < -0.4 is 4.18 Å². The highest BCUT2D eigenvalue weighted by Gasteiger charge is 2.18. The zero-order valence-electron chi connectivity index (χ0n) is 14.1. The summed E-state index contributed by atoms with van der Waals surface area (Å²) in [7, 11) is -2.57. The van der Waals surface area contributed by atoms with Crippen LogP contribution in [0.1, 0.15) is 32.6 Å². The van der Waals surface area contributed by atoms with Crippen molar-refractivity contribution in [3.63, 3.8) is 0 Å². The second kappa shape index (κ2) is 7.05. The first-order chi connectivity index (χ1) is 11.2. The Hall–Kier alpha value is -2.34. The van der Waals surface area contributed by atoms with Crippen LogP contribution in [0, 0.1) is 20.8 Å². The van der Waals surface area contributed by atoms with Crippen molar-refractivity contribution in [3.05, 3.63) is 64.2 Å². The summed E-state index contributed by atoms with van der Waals surface area (Å²) in [5.41, 5.74) is 3.26. The predicted octanol–water partition coefficient (Wildman–Crippen LogP) is 3.31. The Balaban J connectivity index is 2.27. The number of rotatable bonds is 5. The molecule has 0 amide bonds. The van der Waals surface area contributed by atoms with Gasteiger partial charge < -0.3 is 8.92 Å². The minimum atomic E-state index is -3.85. The van der Waals surface area contributed by atoms with E-state index in [1.165, 1.54) is 13.2 Å². The van der Waals surface area contributed by atoms with Crippen LogP contribution in [-0.2, 0) is 20.6 Å². The van der Waals surface area contributed by atoms with E-state index in [0.717, 1.165) is 16.7 Å². The predicted molar refractivity (Wildman–Crippen MR) is 91.7 cm³/mol. The van der Waals surface area contributed by atoms with Crippen LogP contribution in [0.5, 0.6) is 5.75 Å². The van der Waals surface area contributed by atoms with Gasteiger partial charge in [0.2, 0.25) is 0 Å². The fourth-order valence-electron chi connectivity index (χ4n) is 2.32. The van der Waals surface area contributed by atoms with Crippen molar-refractivity contribution in [2.45, 2.75) is 26.5 Å². The summed E-state index contributed by atoms with van der Waals surface area (Å²) >= 11 is 0. The first-order valence-electron chi connectivity index (χ1n) is 7.39. The second-order valence-electron chi connectivity index (χ2n) is 5.63. The van der Waals surface area contributed by atoms with Gasteiger partial charge in [0.05, 0.1) is 12.7 Å². The Morgan fingerprint density at radius 1 is 1.04 bits per heavy atom. The molecule has 0 aliphatic heterocycles. The first kappa shape index (κ1) is 18.0. The monoisotopic (exact) mass is 348 g/mol. The van der Waals surface area contributed by atoms with Crippen LogP contribution in [0.2, 0.25) is 0 Å². The highest BCUT2D eigenvalue weighted by atomic mass is 32.2. The molecule has 0 saturated heterocycles. The Kier molecular flexibility index (Phi) is 5.29. The van der Waals surface area contributed by atoms with Gasteiger partial charge >= 0.3 is 16.1 Å². The molecule has 24 heavy (non-hydrogen) atoms. The Morgan fingerprint density at radius 3 is 2.38 bits per heavy atom. The second-order valence-corrected chi connectivity index (χ2v) is 7.20. The van der Waals surface area contributed by atoms with E-state index in [-0.39, 0.29) is 5.75 Å². The summed E-state index contributed by atoms with van der Waals surface area (Å²) in [6, 6.07) is 10.0. The lowest BCUT2D eigenvalue weighted by Crippen LogP contribution is -2.14. The van der Waals surface area contributed by atoms with Crippen molar-refractivity contribution in [1.82, 2.24) is 0 Å². The third-order valence-corrected chi connectivity index (χ3v) is 4.88. The molecule has 0 N–H and O–H groups in total. The average molecular weight is 348 g/mol. The molecular formula is C18H20O5S. The maximum atomic E-state index is 12.4. The molecule has 0 spiro atoms. The van der Waals surface area contributed by atoms with Crippen molar-refractivity contribution in [3.8, 4) is 5.75 Å². The number of hydrogen-bond acceptors (Lipinski definition) is 5. The van der Waals surface area contributed by atoms with Crippen LogP contribution in [0.3, 0.4) is 0 Å². The molecule has 0 heterocycles. The van der Waals surface area contributed by atoms with Crippen molar-refractivity contribution in [1.29, 1.82) is 0 Å². The molecule has 2 aromatic carbocycles. The Bertz CT molecular complexity index is 869. The number of carbonyl (C=O) groups excluding carboxylic acids is 1. The van der Waals surface area contributed by atoms with E-state index in [4.69, 9.17) is 4.18 Å². The number of carbonyl (C=O) groups is 1. The van der Waals surface area contributed by atoms with Gasteiger partial charge in [0.25, 0.3) is 0 Å². The number of methoxy groups -OCH3 is 1. The molecule has 0 aliphatic rings. The summed E-state index contributed by atoms with van der Waals surface area (Å²) in [6.07, 6.45) is 0. The minimum Gasteiger partial charge on any atom is -0.465 e. The molecule has 0 atom stereocenters. The van der Waals surface area contributed by atoms with E-state index in [0.29, 0.717) is 16.9 Å². The first-order valence-corrected chi connectivity index (χ1v) is 8.97. The van der Waals surface area contributed by atoms with Gasteiger partial charge in [-0.2, -0.15) is 8.42 Å². The van der Waals surface area contributed by atoms with E-state index in [9.17, 15) is 13.2 Å². The molecule has 0 saturated carbocycles. The van der Waals surface area contributed by atoms with Gasteiger partial charge in [0, 0.05) is 0 Å². The van der Waals surface area contributed by atoms with E-state index in [1.54, 1.807) is 25.1 Å². The van der Waals surface area contributed by atoms with E-state index >= 15 is 0 Å². The van der Waals surface area contributed by atoms with Crippen LogP contribution >= 0.6 is 0 Å². The number of ether oxygens (including phenoxy) is 1. The fraction of sp³-hybridized carbons (Fsp3) is 0.278. The SMILES string of the molecule is COC(=O)c1cccc(CS(=O)(=O)Oc2c(C)ccc(C)c2C)c1. The van der Waals surface area contributed by atoms with Crippen molar-refractivity contribution < 1.29 is 22.1 Å². The number of esters is 1. The van der Waals surface area contributed by atoms with Gasteiger partial charge in [0.1, 0.15) is 11.5 Å². The third-order valence-electron chi connectivity index (χ3n) is 3.78. The molecule has 0 aromatic heterocycles. The van der Waals surface area contributed by atoms with Crippen LogP contribution in [0.4, 0.5) is 0 Å². The summed E-state index contributed by atoms with van der Waals surface area (Å²) < 4.78 is 34.8. The highest BCUT2D eigenvalue weighted by molar-refractivity contribution is 7.86. The lowest BCUT2D eigenvalue weighted by atomic mass is 10.1. The van der Waals surface area contributed by atoms with Gasteiger partial charge in [-0.25, -0.2) is 4.79 Å². The Labute approximate surface area is 142 Å². The molecule has 0 aliphatic carbocycles. The van der Waals surface area contributed by atoms with Gasteiger partial charge in [-0.1, -0.05) is 24.3 Å². The van der Waals surface area contributed by atoms with Crippen LogP contribution in [-0.4, -0.2) is 21.5 Å². The molecule has 0 unspecified atom stereocenters. The number of aryl methyl sites for hydroxylation is 2. The van der Waals surface area contributed by atoms with Gasteiger partial charge in [-0.3, -0.25) is 0 Å². The summed E-state index contributed by atoms with van der Waals surface area (Å²) in [5.74, 6) is -0.482. The molecule has 5 nitrogen and oxygen atoms in total. The maximum Gasteiger partial charge on any atom is 0.337 e. The van der Waals surface area contributed by atoms with Crippen molar-refractivity contribution >= 4 is 16.1 Å². The van der Waals surface area contributed by atoms with E-state index in [1.807, 2.05) is 26.0 Å². The number of benzene rings is 2. The minimum absolute atomic E-state index is 0.299. The molecule has 0 fully saturated rings. The van der Waals surface area contributed by atoms with Crippen molar-refractivity contribution in [2.75, 3.05) is 7.11 Å². The summed E-state index contributed by atoms with van der Waals surface area (Å²) in [4.78, 5) is 11.5. The van der Waals surface area contributed by atoms with Gasteiger partial charge in [0.15, 0.2) is 0 Å². The highest BCUT2D eigenvalue weighted by Crippen LogP contribution is 2.28. The van der Waals surface area contributed by atoms with Crippen molar-refractivity contribution in [2.24, 2.45) is 0 Å². The fourth-order valence-corrected chi connectivity index (χ4v) is 3.48. The topological polar surface area (TPSA) is 69.7 Å². The molecule has 2 aromatic rings. The smallest absolute Gasteiger partial charge is 0.337 e. The molecule has 2 rings (SSSR count). The molecule has 0 bridgehead atoms. The number of hydrogen-bond donors (Lipinski definition) is 0. The van der Waals surface area contributed by atoms with Gasteiger partial charge in [-0.05, 0) is 55.2 Å². The molecule has 6 heteroatoms. The maximum absolute atomic E-state index is 12.4. The van der Waals surface area contributed by atoms with Crippen LogP contribution in [0.25, 0.3) is 0 Å². The zero-order valence-corrected chi connectivity index (χ0v) is 14.9. The zero-order chi connectivity index (χ0) is 17.9. The average Bonchev–Trinajstić information content (AvgIpc) is 2.54. The molecular weight excluding hydrogens is 328 g/mol. The van der Waals surface area contributed by atoms with Crippen LogP contribution in [0.15, 0.2) is 36.4 Å². The molecule has 128 valence electrons. The normalized spacial score (nSPS) is 11.2. The quantitative estimate of drug-likeness (QED) is 0.612. The lowest BCUT2D eigenvalue weighted by Gasteiger charge is -2.14. The van der Waals surface area contributed by atoms with Gasteiger partial charge in [-0.15, -0.1) is 0 Å².